The molecule has 2 aliphatic rings. The molecular formula is C52H37CuN5O6. The molecule has 317 valence electrons. The van der Waals surface area contributed by atoms with Crippen molar-refractivity contribution in [1.29, 1.82) is 5.26 Å². The zero-order valence-corrected chi connectivity index (χ0v) is 35.8. The number of hydrogen-bond acceptors (Lipinski definition) is 8. The number of methoxy groups -OCH3 is 4. The van der Waals surface area contributed by atoms with E-state index in [1.807, 2.05) is 140 Å². The van der Waals surface area contributed by atoms with Gasteiger partial charge in [-0.15, -0.1) is 22.1 Å². The average Bonchev–Trinajstić information content (AvgIpc) is 4.17. The quantitative estimate of drug-likeness (QED) is 0.0793. The monoisotopic (exact) mass is 890 g/mol. The number of aliphatic carboxylic acids is 1. The van der Waals surface area contributed by atoms with Crippen molar-refractivity contribution in [3.63, 3.8) is 0 Å². The van der Waals surface area contributed by atoms with E-state index in [9.17, 15) is 15.2 Å². The first kappa shape index (κ1) is 42.6. The maximum atomic E-state index is 12.4. The Bertz CT molecular complexity index is 3230. The molecule has 0 saturated heterocycles. The van der Waals surface area contributed by atoms with E-state index in [-0.39, 0.29) is 17.1 Å². The second-order valence-electron chi connectivity index (χ2n) is 14.5. The van der Waals surface area contributed by atoms with Crippen molar-refractivity contribution in [3.8, 4) is 73.6 Å². The Kier molecular flexibility index (Phi) is 12.0. The first-order valence-electron chi connectivity index (χ1n) is 19.8. The van der Waals surface area contributed by atoms with Gasteiger partial charge in [0.05, 0.1) is 51.2 Å². The Labute approximate surface area is 379 Å². The van der Waals surface area contributed by atoms with Crippen molar-refractivity contribution in [2.45, 2.75) is 0 Å². The second kappa shape index (κ2) is 18.1. The molecule has 0 unspecified atom stereocenters. The summed E-state index contributed by atoms with van der Waals surface area (Å²) in [7, 11) is 6.46. The minimum atomic E-state index is -1.37. The minimum Gasteiger partial charge on any atom is -0.657 e. The average molecular weight is 891 g/mol. The third-order valence-corrected chi connectivity index (χ3v) is 10.9. The van der Waals surface area contributed by atoms with Gasteiger partial charge < -0.3 is 34.0 Å². The Hall–Kier alpha value is -8.10. The summed E-state index contributed by atoms with van der Waals surface area (Å²) in [4.78, 5) is 33.7. The fraction of sp³-hybridized carbons (Fsp3) is 0.0769. The van der Waals surface area contributed by atoms with Crippen LogP contribution in [0.3, 0.4) is 0 Å². The van der Waals surface area contributed by atoms with Gasteiger partial charge in [0, 0.05) is 0 Å². The van der Waals surface area contributed by atoms with E-state index in [0.717, 1.165) is 33.4 Å². The molecule has 5 heterocycles. The molecule has 8 bridgehead atoms. The van der Waals surface area contributed by atoms with Crippen LogP contribution in [-0.4, -0.2) is 49.5 Å². The van der Waals surface area contributed by atoms with Gasteiger partial charge in [-0.2, -0.15) is 5.26 Å². The van der Waals surface area contributed by atoms with Gasteiger partial charge in [-0.3, -0.25) is 0 Å². The third kappa shape index (κ3) is 8.05. The van der Waals surface area contributed by atoms with Crippen LogP contribution in [0.15, 0.2) is 121 Å². The molecule has 0 aliphatic carbocycles. The van der Waals surface area contributed by atoms with E-state index in [4.69, 9.17) is 38.9 Å². The molecular weight excluding hydrogens is 854 g/mol. The van der Waals surface area contributed by atoms with Gasteiger partial charge >= 0.3 is 23.0 Å². The van der Waals surface area contributed by atoms with Gasteiger partial charge in [0.1, 0.15) is 34.6 Å². The number of ether oxygens (including phenoxy) is 4. The number of carboxylic acids is 1. The fourth-order valence-electron chi connectivity index (χ4n) is 7.81. The van der Waals surface area contributed by atoms with E-state index in [1.165, 1.54) is 6.08 Å². The molecule has 0 spiro atoms. The normalized spacial score (nSPS) is 11.7. The number of hydrogen-bond donors (Lipinski definition) is 1. The summed E-state index contributed by atoms with van der Waals surface area (Å²) in [6.07, 6.45) is 9.11. The number of rotatable bonds is 10. The van der Waals surface area contributed by atoms with E-state index in [2.05, 4.69) is 0 Å². The molecule has 4 aromatic carbocycles. The molecule has 0 atom stereocenters. The molecule has 2 aliphatic heterocycles. The summed E-state index contributed by atoms with van der Waals surface area (Å²) in [5, 5.41) is 20.2. The molecule has 0 saturated carbocycles. The number of carbonyl (C=O) groups is 1. The zero-order valence-electron chi connectivity index (χ0n) is 34.9. The summed E-state index contributed by atoms with van der Waals surface area (Å²) in [5.74, 6) is 1.35. The van der Waals surface area contributed by atoms with Crippen LogP contribution >= 0.6 is 0 Å². The molecule has 11 nitrogen and oxygen atoms in total. The SMILES string of the molecule is COc1ccc(-c2c3nc(c(-c4ccc(OC)cc4)c4cc(/C=C(\C#N)C(=O)O)c([n-]4)c(-c4ccc(OC)cc4)c4nc(c(-c5ccc(OC)cc5)c5ccc2[n-]5)C=C4)C=C3)cc1.[Cu+2]. The molecule has 9 rings (SSSR count). The van der Waals surface area contributed by atoms with Gasteiger partial charge in [0.2, 0.25) is 0 Å². The number of nitrogens with zero attached hydrogens (tertiary/aromatic N) is 5. The van der Waals surface area contributed by atoms with Crippen LogP contribution in [0.4, 0.5) is 0 Å². The van der Waals surface area contributed by atoms with Crippen LogP contribution in [-0.2, 0) is 21.9 Å². The van der Waals surface area contributed by atoms with Crippen LogP contribution in [0.25, 0.3) is 97.0 Å². The van der Waals surface area contributed by atoms with E-state index in [1.54, 1.807) is 34.5 Å². The van der Waals surface area contributed by atoms with Gasteiger partial charge in [0.15, 0.2) is 0 Å². The van der Waals surface area contributed by atoms with Crippen LogP contribution in [0.1, 0.15) is 28.3 Å². The third-order valence-electron chi connectivity index (χ3n) is 10.9. The summed E-state index contributed by atoms with van der Waals surface area (Å²) < 4.78 is 22.1. The fourth-order valence-corrected chi connectivity index (χ4v) is 7.81. The maximum Gasteiger partial charge on any atom is 2.00 e. The molecule has 64 heavy (non-hydrogen) atoms. The molecule has 1 radical (unpaired) electrons. The van der Waals surface area contributed by atoms with E-state index in [0.29, 0.717) is 84.5 Å². The number of fused-ring (bicyclic) bond motifs is 8. The Balaban J connectivity index is 0.00000560. The molecule has 7 aromatic rings. The first-order valence-corrected chi connectivity index (χ1v) is 19.8. The smallest absolute Gasteiger partial charge is 0.657 e. The summed E-state index contributed by atoms with van der Waals surface area (Å²) in [6, 6.07) is 38.2. The van der Waals surface area contributed by atoms with Gasteiger partial charge in [0.25, 0.3) is 0 Å². The van der Waals surface area contributed by atoms with E-state index < -0.39 is 11.5 Å². The van der Waals surface area contributed by atoms with Crippen LogP contribution in [0, 0.1) is 11.3 Å². The van der Waals surface area contributed by atoms with Crippen molar-refractivity contribution in [3.05, 3.63) is 149 Å². The molecule has 1 N–H and O–H groups in total. The molecule has 12 heteroatoms. The predicted molar refractivity (Wildman–Crippen MR) is 246 cm³/mol. The topological polar surface area (TPSA) is 152 Å². The second-order valence-corrected chi connectivity index (χ2v) is 14.5. The van der Waals surface area contributed by atoms with Crippen molar-refractivity contribution < 1.29 is 45.9 Å². The Morgan fingerprint density at radius 2 is 0.875 bits per heavy atom. The minimum absolute atomic E-state index is 0. The standard InChI is InChI=1S/C52H38N5O6.Cu/c1-60-36-13-5-30(6-14-36)47-40-21-22-41(54-40)48(31-7-15-37(61-2)16-8-31)43-25-26-45(56-43)50(33-11-19-39(63-4)20-12-33)51-34(27-35(29-53)52(58)59)28-46(57-51)49(44-24-23-42(47)55-44)32-9-17-38(62-3)18-10-32;/h5-28H,1-4H3,(H2-,54,55,56,57,58,59);/q-1;+2/p-1/b35-27+,47-40?,47-42?,48-41?,48-43?,49-44?,49-46?,50-45?,51-50?;. The molecule has 0 amide bonds. The number of carboxylic acid groups (broad SMARTS) is 1. The number of nitriles is 1. The predicted octanol–water partition coefficient (Wildman–Crippen LogP) is 10.6. The summed E-state index contributed by atoms with van der Waals surface area (Å²) >= 11 is 0. The summed E-state index contributed by atoms with van der Waals surface area (Å²) in [5.41, 5.74) is 10.7. The maximum absolute atomic E-state index is 12.4. The number of aromatic nitrogens is 4. The molecule has 3 aromatic heterocycles. The van der Waals surface area contributed by atoms with Crippen molar-refractivity contribution in [2.24, 2.45) is 0 Å². The van der Waals surface area contributed by atoms with Crippen molar-refractivity contribution in [1.82, 2.24) is 19.9 Å². The van der Waals surface area contributed by atoms with Crippen LogP contribution in [0.2, 0.25) is 0 Å². The van der Waals surface area contributed by atoms with Gasteiger partial charge in [-0.05, 0) is 129 Å². The van der Waals surface area contributed by atoms with Crippen LogP contribution < -0.4 is 28.9 Å². The number of benzene rings is 4. The largest absolute Gasteiger partial charge is 2.00 e. The van der Waals surface area contributed by atoms with E-state index >= 15 is 0 Å². The van der Waals surface area contributed by atoms with Gasteiger partial charge in [-0.1, -0.05) is 66.7 Å². The molecule has 0 fully saturated rings. The van der Waals surface area contributed by atoms with Crippen molar-refractivity contribution >= 4 is 58.4 Å². The van der Waals surface area contributed by atoms with Gasteiger partial charge in [-0.25, -0.2) is 14.8 Å². The Morgan fingerprint density at radius 1 is 0.531 bits per heavy atom. The zero-order chi connectivity index (χ0) is 43.6. The summed E-state index contributed by atoms with van der Waals surface area (Å²) in [6.45, 7) is 0. The van der Waals surface area contributed by atoms with Crippen molar-refractivity contribution in [2.75, 3.05) is 28.4 Å². The Morgan fingerprint density at radius 3 is 1.22 bits per heavy atom. The van der Waals surface area contributed by atoms with Crippen LogP contribution in [0.5, 0.6) is 23.0 Å². The first-order chi connectivity index (χ1) is 30.8.